The predicted octanol–water partition coefficient (Wildman–Crippen LogP) is 4.28. The van der Waals surface area contributed by atoms with E-state index in [9.17, 15) is 4.79 Å². The summed E-state index contributed by atoms with van der Waals surface area (Å²) in [5, 5.41) is 0.705. The maximum atomic E-state index is 13.5. The number of aryl methyl sites for hydroxylation is 2. The van der Waals surface area contributed by atoms with Gasteiger partial charge in [-0.25, -0.2) is 4.98 Å². The summed E-state index contributed by atoms with van der Waals surface area (Å²) in [6.07, 6.45) is 0.863. The number of nitrogens with zero attached hydrogens (tertiary/aromatic N) is 3. The Labute approximate surface area is 181 Å². The molecule has 0 N–H and O–H groups in total. The molecule has 4 rings (SSSR count). The number of rotatable bonds is 6. The van der Waals surface area contributed by atoms with E-state index in [1.165, 1.54) is 11.3 Å². The fourth-order valence-electron chi connectivity index (χ4n) is 3.60. The molecule has 0 bridgehead atoms. The lowest BCUT2D eigenvalue weighted by molar-refractivity contribution is 0.0985. The van der Waals surface area contributed by atoms with Crippen LogP contribution in [-0.2, 0) is 0 Å². The molecule has 2 heterocycles. The highest BCUT2D eigenvalue weighted by atomic mass is 32.1. The van der Waals surface area contributed by atoms with Crippen molar-refractivity contribution in [2.75, 3.05) is 45.3 Å². The van der Waals surface area contributed by atoms with Crippen molar-refractivity contribution in [2.45, 2.75) is 20.3 Å². The van der Waals surface area contributed by atoms with E-state index >= 15 is 0 Å². The number of aromatic nitrogens is 1. The molecule has 0 unspecified atom stereocenters. The van der Waals surface area contributed by atoms with Gasteiger partial charge in [0, 0.05) is 24.2 Å². The van der Waals surface area contributed by atoms with E-state index < -0.39 is 0 Å². The van der Waals surface area contributed by atoms with Crippen molar-refractivity contribution < 1.29 is 14.3 Å². The van der Waals surface area contributed by atoms with Gasteiger partial charge in [0.2, 0.25) is 0 Å². The van der Waals surface area contributed by atoms with Gasteiger partial charge in [0.15, 0.2) is 16.6 Å². The van der Waals surface area contributed by atoms with Crippen LogP contribution in [0.1, 0.15) is 27.9 Å². The molecule has 158 valence electrons. The van der Waals surface area contributed by atoms with Crippen LogP contribution in [0.4, 0.5) is 5.13 Å². The molecule has 0 radical (unpaired) electrons. The normalized spacial score (nSPS) is 13.1. The summed E-state index contributed by atoms with van der Waals surface area (Å²) in [7, 11) is 4.08. The lowest BCUT2D eigenvalue weighted by Gasteiger charge is -2.22. The summed E-state index contributed by atoms with van der Waals surface area (Å²) >= 11 is 1.51. The Bertz CT molecular complexity index is 1030. The van der Waals surface area contributed by atoms with E-state index in [0.717, 1.165) is 45.6 Å². The molecule has 0 fully saturated rings. The summed E-state index contributed by atoms with van der Waals surface area (Å²) in [6.45, 7) is 6.62. The van der Waals surface area contributed by atoms with E-state index in [1.807, 2.05) is 63.2 Å². The van der Waals surface area contributed by atoms with Gasteiger partial charge >= 0.3 is 0 Å². The maximum Gasteiger partial charge on any atom is 0.260 e. The smallest absolute Gasteiger partial charge is 0.260 e. The monoisotopic (exact) mass is 425 g/mol. The molecule has 1 aromatic heterocycles. The van der Waals surface area contributed by atoms with E-state index in [2.05, 4.69) is 4.90 Å². The molecule has 0 aliphatic carbocycles. The van der Waals surface area contributed by atoms with Gasteiger partial charge in [-0.1, -0.05) is 29.0 Å². The molecule has 2 aromatic carbocycles. The van der Waals surface area contributed by atoms with Crippen LogP contribution < -0.4 is 14.4 Å². The first-order valence-electron chi connectivity index (χ1n) is 10.2. The molecule has 3 aromatic rings. The highest BCUT2D eigenvalue weighted by Crippen LogP contribution is 2.39. The quantitative estimate of drug-likeness (QED) is 0.590. The van der Waals surface area contributed by atoms with Crippen molar-refractivity contribution in [3.63, 3.8) is 0 Å². The number of carbonyl (C=O) groups is 1. The molecule has 6 nitrogen and oxygen atoms in total. The zero-order valence-corrected chi connectivity index (χ0v) is 18.7. The van der Waals surface area contributed by atoms with Crippen molar-refractivity contribution in [3.8, 4) is 11.5 Å². The standard InChI is InChI=1S/C23H27N3O3S/c1-15-6-7-17(16(2)12-15)22(27)26(9-5-8-25(3)4)23-24-18-13-19-20(14-21(18)30-23)29-11-10-28-19/h6-7,12-14H,5,8-11H2,1-4H3. The van der Waals surface area contributed by atoms with Crippen molar-refractivity contribution in [2.24, 2.45) is 0 Å². The SMILES string of the molecule is Cc1ccc(C(=O)N(CCCN(C)C)c2nc3cc4c(cc3s2)OCCO4)c(C)c1. The molecular weight excluding hydrogens is 398 g/mol. The lowest BCUT2D eigenvalue weighted by Crippen LogP contribution is -2.33. The Morgan fingerprint density at radius 1 is 1.07 bits per heavy atom. The lowest BCUT2D eigenvalue weighted by atomic mass is 10.0. The summed E-state index contributed by atoms with van der Waals surface area (Å²) < 4.78 is 12.4. The maximum absolute atomic E-state index is 13.5. The van der Waals surface area contributed by atoms with Crippen molar-refractivity contribution in [1.29, 1.82) is 0 Å². The Morgan fingerprint density at radius 3 is 2.50 bits per heavy atom. The summed E-state index contributed by atoms with van der Waals surface area (Å²) in [6, 6.07) is 9.82. The van der Waals surface area contributed by atoms with Crippen LogP contribution >= 0.6 is 11.3 Å². The van der Waals surface area contributed by atoms with Gasteiger partial charge < -0.3 is 14.4 Å². The summed E-state index contributed by atoms with van der Waals surface area (Å²) in [5.41, 5.74) is 3.67. The summed E-state index contributed by atoms with van der Waals surface area (Å²) in [5.74, 6) is 1.44. The number of hydrogen-bond donors (Lipinski definition) is 0. The zero-order valence-electron chi connectivity index (χ0n) is 17.9. The molecule has 30 heavy (non-hydrogen) atoms. The van der Waals surface area contributed by atoms with Gasteiger partial charge in [-0.2, -0.15) is 0 Å². The van der Waals surface area contributed by atoms with Crippen LogP contribution in [0.15, 0.2) is 30.3 Å². The largest absolute Gasteiger partial charge is 0.486 e. The third-order valence-electron chi connectivity index (χ3n) is 5.12. The number of benzene rings is 2. The second kappa shape index (κ2) is 8.62. The van der Waals surface area contributed by atoms with Gasteiger partial charge in [0.1, 0.15) is 13.2 Å². The minimum Gasteiger partial charge on any atom is -0.486 e. The number of ether oxygens (including phenoxy) is 2. The fourth-order valence-corrected chi connectivity index (χ4v) is 4.60. The van der Waals surface area contributed by atoms with Crippen LogP contribution in [0, 0.1) is 13.8 Å². The number of anilines is 1. The van der Waals surface area contributed by atoms with Gasteiger partial charge in [-0.15, -0.1) is 0 Å². The van der Waals surface area contributed by atoms with Crippen molar-refractivity contribution in [3.05, 3.63) is 47.0 Å². The molecule has 0 spiro atoms. The number of thiazole rings is 1. The van der Waals surface area contributed by atoms with Crippen LogP contribution in [0.2, 0.25) is 0 Å². The van der Waals surface area contributed by atoms with Gasteiger partial charge in [-0.05, 0) is 52.5 Å². The average molecular weight is 426 g/mol. The predicted molar refractivity (Wildman–Crippen MR) is 121 cm³/mol. The second-order valence-electron chi connectivity index (χ2n) is 7.89. The molecule has 7 heteroatoms. The first-order chi connectivity index (χ1) is 14.4. The van der Waals surface area contributed by atoms with Crippen LogP contribution in [0.5, 0.6) is 11.5 Å². The minimum atomic E-state index is -0.0115. The third kappa shape index (κ3) is 4.27. The van der Waals surface area contributed by atoms with Gasteiger partial charge in [-0.3, -0.25) is 9.69 Å². The third-order valence-corrected chi connectivity index (χ3v) is 6.16. The van der Waals surface area contributed by atoms with E-state index in [0.29, 0.717) is 30.6 Å². The Morgan fingerprint density at radius 2 is 1.80 bits per heavy atom. The van der Waals surface area contributed by atoms with Crippen LogP contribution in [-0.4, -0.2) is 56.2 Å². The van der Waals surface area contributed by atoms with Crippen molar-refractivity contribution in [1.82, 2.24) is 9.88 Å². The number of amides is 1. The molecule has 0 saturated carbocycles. The molecular formula is C23H27N3O3S. The first-order valence-corrected chi connectivity index (χ1v) is 11.0. The highest BCUT2D eigenvalue weighted by molar-refractivity contribution is 7.22. The Hall–Kier alpha value is -2.64. The molecule has 1 amide bonds. The number of fused-ring (bicyclic) bond motifs is 2. The van der Waals surface area contributed by atoms with E-state index in [1.54, 1.807) is 0 Å². The van der Waals surface area contributed by atoms with Crippen molar-refractivity contribution >= 4 is 32.6 Å². The van der Waals surface area contributed by atoms with Crippen LogP contribution in [0.25, 0.3) is 10.2 Å². The van der Waals surface area contributed by atoms with E-state index in [4.69, 9.17) is 14.5 Å². The summed E-state index contributed by atoms with van der Waals surface area (Å²) in [4.78, 5) is 22.2. The Balaban J connectivity index is 1.70. The molecule has 0 saturated heterocycles. The van der Waals surface area contributed by atoms with Crippen LogP contribution in [0.3, 0.4) is 0 Å². The fraction of sp³-hybridized carbons (Fsp3) is 0.391. The molecule has 1 aliphatic heterocycles. The highest BCUT2D eigenvalue weighted by Gasteiger charge is 2.24. The van der Waals surface area contributed by atoms with Gasteiger partial charge in [0.25, 0.3) is 5.91 Å². The Kier molecular flexibility index (Phi) is 5.92. The molecule has 1 aliphatic rings. The first kappa shape index (κ1) is 20.6. The van der Waals surface area contributed by atoms with Gasteiger partial charge in [0.05, 0.1) is 10.2 Å². The minimum absolute atomic E-state index is 0.0115. The number of hydrogen-bond acceptors (Lipinski definition) is 6. The topological polar surface area (TPSA) is 54.9 Å². The zero-order chi connectivity index (χ0) is 21.3. The average Bonchev–Trinajstić information content (AvgIpc) is 3.11. The van der Waals surface area contributed by atoms with E-state index in [-0.39, 0.29) is 5.91 Å². The molecule has 0 atom stereocenters. The second-order valence-corrected chi connectivity index (χ2v) is 8.90. The number of carbonyl (C=O) groups excluding carboxylic acids is 1.